The molecule has 0 aromatic heterocycles. The van der Waals surface area contributed by atoms with Crippen molar-refractivity contribution in [1.29, 1.82) is 0 Å². The number of fused-ring (bicyclic) bond motifs is 6. The fourth-order valence-corrected chi connectivity index (χ4v) is 5.40. The summed E-state index contributed by atoms with van der Waals surface area (Å²) < 4.78 is 17.9. The summed E-state index contributed by atoms with van der Waals surface area (Å²) >= 11 is 6.25. The van der Waals surface area contributed by atoms with Crippen LogP contribution in [0.5, 0.6) is 17.2 Å². The van der Waals surface area contributed by atoms with Gasteiger partial charge in [-0.1, -0.05) is 54.1 Å². The highest BCUT2D eigenvalue weighted by atomic mass is 35.5. The van der Waals surface area contributed by atoms with E-state index in [-0.39, 0.29) is 12.3 Å². The fourth-order valence-electron chi connectivity index (χ4n) is 5.27. The van der Waals surface area contributed by atoms with Crippen molar-refractivity contribution in [2.24, 2.45) is 0 Å². The molecule has 0 spiro atoms. The summed E-state index contributed by atoms with van der Waals surface area (Å²) in [6.45, 7) is 0.864. The lowest BCUT2D eigenvalue weighted by molar-refractivity contribution is -0.0262. The molecule has 4 nitrogen and oxygen atoms in total. The van der Waals surface area contributed by atoms with Crippen LogP contribution in [0.1, 0.15) is 34.5 Å². The van der Waals surface area contributed by atoms with Crippen molar-refractivity contribution in [3.05, 3.63) is 100 Å². The van der Waals surface area contributed by atoms with Crippen LogP contribution >= 0.6 is 11.6 Å². The molecule has 0 radical (unpaired) electrons. The summed E-state index contributed by atoms with van der Waals surface area (Å²) in [7, 11) is 3.35. The zero-order valence-corrected chi connectivity index (χ0v) is 19.3. The number of nitrogens with zero attached hydrogens (tertiary/aromatic N) is 1. The molecule has 5 heteroatoms. The van der Waals surface area contributed by atoms with Crippen molar-refractivity contribution >= 4 is 22.4 Å². The van der Waals surface area contributed by atoms with Crippen molar-refractivity contribution in [2.75, 3.05) is 20.8 Å². The molecule has 2 heterocycles. The average molecular weight is 458 g/mol. The molecule has 0 amide bonds. The smallest absolute Gasteiger partial charge is 0.180 e. The van der Waals surface area contributed by atoms with Crippen LogP contribution in [-0.2, 0) is 6.42 Å². The van der Waals surface area contributed by atoms with Crippen molar-refractivity contribution in [2.45, 2.75) is 18.7 Å². The minimum Gasteiger partial charge on any atom is -0.493 e. The van der Waals surface area contributed by atoms with Crippen LogP contribution in [0.3, 0.4) is 0 Å². The maximum atomic E-state index is 6.72. The quantitative estimate of drug-likeness (QED) is 0.349. The molecule has 4 aromatic rings. The molecule has 0 bridgehead atoms. The van der Waals surface area contributed by atoms with Crippen LogP contribution in [0.2, 0.25) is 5.02 Å². The first kappa shape index (κ1) is 20.4. The highest BCUT2D eigenvalue weighted by Gasteiger charge is 2.42. The second kappa shape index (κ2) is 7.98. The number of hydrogen-bond donors (Lipinski definition) is 0. The van der Waals surface area contributed by atoms with Crippen molar-refractivity contribution in [3.63, 3.8) is 0 Å². The van der Waals surface area contributed by atoms with Crippen LogP contribution in [0, 0.1) is 0 Å². The van der Waals surface area contributed by atoms with Gasteiger partial charge in [-0.25, -0.2) is 0 Å². The lowest BCUT2D eigenvalue weighted by Gasteiger charge is -2.46. The molecule has 6 rings (SSSR count). The summed E-state index contributed by atoms with van der Waals surface area (Å²) in [5, 5.41) is 3.16. The summed E-state index contributed by atoms with van der Waals surface area (Å²) in [5.74, 6) is 2.38. The third-order valence-corrected chi connectivity index (χ3v) is 7.06. The van der Waals surface area contributed by atoms with E-state index in [1.165, 1.54) is 27.5 Å². The van der Waals surface area contributed by atoms with E-state index in [4.69, 9.17) is 25.8 Å². The Morgan fingerprint density at radius 3 is 2.45 bits per heavy atom. The molecule has 0 fully saturated rings. The van der Waals surface area contributed by atoms with Gasteiger partial charge in [0.15, 0.2) is 17.7 Å². The van der Waals surface area contributed by atoms with Gasteiger partial charge in [-0.3, -0.25) is 4.90 Å². The second-order valence-corrected chi connectivity index (χ2v) is 8.95. The Morgan fingerprint density at radius 1 is 0.909 bits per heavy atom. The van der Waals surface area contributed by atoms with E-state index >= 15 is 0 Å². The minimum atomic E-state index is -0.220. The van der Waals surface area contributed by atoms with E-state index in [1.54, 1.807) is 14.2 Å². The third kappa shape index (κ3) is 3.25. The highest BCUT2D eigenvalue weighted by Crippen LogP contribution is 2.51. The number of halogens is 1. The van der Waals surface area contributed by atoms with E-state index in [0.717, 1.165) is 35.1 Å². The number of rotatable bonds is 3. The molecular formula is C28H24ClNO3. The molecular weight excluding hydrogens is 434 g/mol. The lowest BCUT2D eigenvalue weighted by Crippen LogP contribution is -2.44. The zero-order valence-electron chi connectivity index (χ0n) is 18.5. The number of ether oxygens (including phenoxy) is 3. The molecule has 33 heavy (non-hydrogen) atoms. The van der Waals surface area contributed by atoms with Gasteiger partial charge in [0.05, 0.1) is 20.3 Å². The normalized spacial score (nSPS) is 19.2. The Kier molecular flexibility index (Phi) is 4.93. The van der Waals surface area contributed by atoms with Gasteiger partial charge < -0.3 is 14.2 Å². The monoisotopic (exact) mass is 457 g/mol. The van der Waals surface area contributed by atoms with Gasteiger partial charge >= 0.3 is 0 Å². The van der Waals surface area contributed by atoms with Gasteiger partial charge in [-0.2, -0.15) is 0 Å². The number of hydrogen-bond acceptors (Lipinski definition) is 4. The van der Waals surface area contributed by atoms with E-state index in [1.807, 2.05) is 12.1 Å². The average Bonchev–Trinajstić information content (AvgIpc) is 2.86. The Balaban J connectivity index is 1.58. The third-order valence-electron chi connectivity index (χ3n) is 6.81. The molecule has 0 aliphatic carbocycles. The standard InChI is InChI=1S/C28H24ClNO3/c1-31-24-15-19-13-14-30-27(18-7-10-20(29)11-8-18)26-21-6-4-3-5-17(21)9-12-23(26)33-28(30)22(19)16-25(24)32-2/h3-12,15-16,27-28H,13-14H2,1-2H3. The number of benzene rings is 4. The summed E-state index contributed by atoms with van der Waals surface area (Å²) in [6.07, 6.45) is 0.683. The summed E-state index contributed by atoms with van der Waals surface area (Å²) in [5.41, 5.74) is 4.76. The van der Waals surface area contributed by atoms with Crippen molar-refractivity contribution in [1.82, 2.24) is 4.90 Å². The molecule has 2 aliphatic heterocycles. The van der Waals surface area contributed by atoms with Gasteiger partial charge in [0.25, 0.3) is 0 Å². The van der Waals surface area contributed by atoms with Crippen LogP contribution in [-0.4, -0.2) is 25.7 Å². The van der Waals surface area contributed by atoms with Crippen LogP contribution in [0.4, 0.5) is 0 Å². The molecule has 2 aliphatic rings. The van der Waals surface area contributed by atoms with Gasteiger partial charge in [0.2, 0.25) is 0 Å². The summed E-state index contributed by atoms with van der Waals surface area (Å²) in [6, 6.07) is 25.2. The van der Waals surface area contributed by atoms with E-state index < -0.39 is 0 Å². The first-order valence-electron chi connectivity index (χ1n) is 11.1. The van der Waals surface area contributed by atoms with E-state index in [0.29, 0.717) is 5.75 Å². The van der Waals surface area contributed by atoms with Gasteiger partial charge in [0, 0.05) is 22.7 Å². The zero-order chi connectivity index (χ0) is 22.5. The predicted octanol–water partition coefficient (Wildman–Crippen LogP) is 6.55. The molecule has 166 valence electrons. The van der Waals surface area contributed by atoms with Gasteiger partial charge in [-0.05, 0) is 58.7 Å². The Morgan fingerprint density at radius 2 is 1.67 bits per heavy atom. The maximum absolute atomic E-state index is 6.72. The Bertz CT molecular complexity index is 1350. The topological polar surface area (TPSA) is 30.9 Å². The molecule has 0 saturated heterocycles. The highest BCUT2D eigenvalue weighted by molar-refractivity contribution is 6.30. The van der Waals surface area contributed by atoms with Crippen molar-refractivity contribution < 1.29 is 14.2 Å². The Hall–Kier alpha value is -3.21. The predicted molar refractivity (Wildman–Crippen MR) is 131 cm³/mol. The number of methoxy groups -OCH3 is 2. The first-order valence-corrected chi connectivity index (χ1v) is 11.5. The van der Waals surface area contributed by atoms with Gasteiger partial charge in [-0.15, -0.1) is 0 Å². The summed E-state index contributed by atoms with van der Waals surface area (Å²) in [4.78, 5) is 2.45. The SMILES string of the molecule is COc1cc2c(cc1OC)C1Oc3ccc4ccccc4c3C(c3ccc(Cl)cc3)N1CC2. The molecule has 0 N–H and O–H groups in total. The molecule has 4 aromatic carbocycles. The minimum absolute atomic E-state index is 0.0448. The van der Waals surface area contributed by atoms with Gasteiger partial charge in [0.1, 0.15) is 5.75 Å². The second-order valence-electron chi connectivity index (χ2n) is 8.52. The largest absolute Gasteiger partial charge is 0.493 e. The van der Waals surface area contributed by atoms with Crippen LogP contribution < -0.4 is 14.2 Å². The molecule has 2 unspecified atom stereocenters. The maximum Gasteiger partial charge on any atom is 0.180 e. The lowest BCUT2D eigenvalue weighted by atomic mass is 9.86. The fraction of sp³-hybridized carbons (Fsp3) is 0.214. The molecule has 2 atom stereocenters. The Labute approximate surface area is 198 Å². The van der Waals surface area contributed by atoms with E-state index in [9.17, 15) is 0 Å². The van der Waals surface area contributed by atoms with Crippen molar-refractivity contribution in [3.8, 4) is 17.2 Å². The van der Waals surface area contributed by atoms with Crippen LogP contribution in [0.25, 0.3) is 10.8 Å². The van der Waals surface area contributed by atoms with Crippen LogP contribution in [0.15, 0.2) is 72.8 Å². The van der Waals surface area contributed by atoms with E-state index in [2.05, 4.69) is 65.6 Å². The molecule has 0 saturated carbocycles. The first-order chi connectivity index (χ1) is 16.2.